The molecule has 0 aromatic carbocycles. The molecule has 0 aromatic heterocycles. The molecule has 0 aromatic rings. The zero-order valence-electron chi connectivity index (χ0n) is 8.33. The molecule has 2 rings (SSSR count). The van der Waals surface area contributed by atoms with Crippen LogP contribution in [-0.4, -0.2) is 49.2 Å². The van der Waals surface area contributed by atoms with Crippen LogP contribution in [0, 0.1) is 0 Å². The van der Waals surface area contributed by atoms with Gasteiger partial charge in [-0.3, -0.25) is 4.90 Å². The molecule has 0 radical (unpaired) electrons. The van der Waals surface area contributed by atoms with Gasteiger partial charge in [-0.1, -0.05) is 0 Å². The number of piperidine rings is 1. The first-order chi connectivity index (χ1) is 6.75. The minimum atomic E-state index is -0.395. The molecule has 0 spiro atoms. The molecule has 0 unspecified atom stereocenters. The molecule has 2 fully saturated rings. The van der Waals surface area contributed by atoms with Crippen LogP contribution in [0.2, 0.25) is 0 Å². The minimum absolute atomic E-state index is 0.289. The normalized spacial score (nSPS) is 25.7. The number of nitrogens with one attached hydrogen (secondary N) is 2. The molecule has 0 bridgehead atoms. The lowest BCUT2D eigenvalue weighted by molar-refractivity contribution is 0.109. The van der Waals surface area contributed by atoms with Crippen molar-refractivity contribution in [2.24, 2.45) is 5.73 Å². The van der Waals surface area contributed by atoms with E-state index in [9.17, 15) is 4.79 Å². The third-order valence-corrected chi connectivity index (χ3v) is 3.15. The largest absolute Gasteiger partial charge is 0.352 e. The molecule has 0 atom stereocenters. The SMILES string of the molecule is NC(=O)NC1CCN(C2CNC2)CC1. The standard InChI is InChI=1S/C9H18N4O/c10-9(14)12-7-1-3-13(4-2-7)8-5-11-6-8/h7-8,11H,1-6H2,(H3,10,12,14). The second-order valence-electron chi connectivity index (χ2n) is 4.13. The van der Waals surface area contributed by atoms with Crippen molar-refractivity contribution in [3.05, 3.63) is 0 Å². The smallest absolute Gasteiger partial charge is 0.312 e. The predicted molar refractivity (Wildman–Crippen MR) is 54.0 cm³/mol. The second-order valence-corrected chi connectivity index (χ2v) is 4.13. The van der Waals surface area contributed by atoms with E-state index in [0.29, 0.717) is 0 Å². The van der Waals surface area contributed by atoms with Gasteiger partial charge < -0.3 is 16.4 Å². The van der Waals surface area contributed by atoms with Crippen LogP contribution in [0.4, 0.5) is 4.79 Å². The van der Waals surface area contributed by atoms with E-state index in [4.69, 9.17) is 5.73 Å². The fourth-order valence-corrected chi connectivity index (χ4v) is 2.14. The number of primary amides is 1. The van der Waals surface area contributed by atoms with E-state index in [-0.39, 0.29) is 6.04 Å². The van der Waals surface area contributed by atoms with Crippen LogP contribution in [0.25, 0.3) is 0 Å². The van der Waals surface area contributed by atoms with Gasteiger partial charge in [0.15, 0.2) is 0 Å². The van der Waals surface area contributed by atoms with Crippen molar-refractivity contribution in [1.29, 1.82) is 0 Å². The lowest BCUT2D eigenvalue weighted by Crippen LogP contribution is -2.60. The maximum absolute atomic E-state index is 10.6. The van der Waals surface area contributed by atoms with Crippen LogP contribution in [0.5, 0.6) is 0 Å². The van der Waals surface area contributed by atoms with Crippen molar-refractivity contribution in [1.82, 2.24) is 15.5 Å². The lowest BCUT2D eigenvalue weighted by Gasteiger charge is -2.42. The quantitative estimate of drug-likeness (QED) is 0.538. The van der Waals surface area contributed by atoms with Crippen molar-refractivity contribution in [2.75, 3.05) is 26.2 Å². The van der Waals surface area contributed by atoms with Crippen molar-refractivity contribution < 1.29 is 4.79 Å². The summed E-state index contributed by atoms with van der Waals surface area (Å²) in [6.45, 7) is 4.40. The zero-order valence-corrected chi connectivity index (χ0v) is 8.33. The number of hydrogen-bond acceptors (Lipinski definition) is 3. The predicted octanol–water partition coefficient (Wildman–Crippen LogP) is -0.909. The average Bonchev–Trinajstić information content (AvgIpc) is 2.04. The Kier molecular flexibility index (Phi) is 2.88. The third-order valence-electron chi connectivity index (χ3n) is 3.15. The molecule has 0 aliphatic carbocycles. The van der Waals surface area contributed by atoms with Gasteiger partial charge in [0.25, 0.3) is 0 Å². The molecule has 2 aliphatic rings. The van der Waals surface area contributed by atoms with Crippen LogP contribution in [0.15, 0.2) is 0 Å². The number of carbonyl (C=O) groups is 1. The van der Waals surface area contributed by atoms with Gasteiger partial charge in [-0.15, -0.1) is 0 Å². The van der Waals surface area contributed by atoms with Gasteiger partial charge in [0.2, 0.25) is 0 Å². The number of likely N-dealkylation sites (tertiary alicyclic amines) is 1. The number of carbonyl (C=O) groups excluding carboxylic acids is 1. The number of nitrogens with zero attached hydrogens (tertiary/aromatic N) is 1. The van der Waals surface area contributed by atoms with E-state index in [1.54, 1.807) is 0 Å². The summed E-state index contributed by atoms with van der Waals surface area (Å²) in [7, 11) is 0. The summed E-state index contributed by atoms with van der Waals surface area (Å²) >= 11 is 0. The first kappa shape index (κ1) is 9.73. The zero-order chi connectivity index (χ0) is 9.97. The Balaban J connectivity index is 1.71. The molecule has 2 heterocycles. The van der Waals surface area contributed by atoms with Gasteiger partial charge in [0.05, 0.1) is 0 Å². The van der Waals surface area contributed by atoms with Gasteiger partial charge >= 0.3 is 6.03 Å². The Morgan fingerprint density at radius 3 is 2.43 bits per heavy atom. The monoisotopic (exact) mass is 198 g/mol. The number of nitrogens with two attached hydrogens (primary N) is 1. The summed E-state index contributed by atoms with van der Waals surface area (Å²) in [5.74, 6) is 0. The van der Waals surface area contributed by atoms with E-state index in [2.05, 4.69) is 15.5 Å². The average molecular weight is 198 g/mol. The van der Waals surface area contributed by atoms with Crippen LogP contribution in [0.1, 0.15) is 12.8 Å². The van der Waals surface area contributed by atoms with Gasteiger partial charge in [-0.2, -0.15) is 0 Å². The highest BCUT2D eigenvalue weighted by atomic mass is 16.2. The Labute approximate surface area is 84.0 Å². The first-order valence-corrected chi connectivity index (χ1v) is 5.26. The molecule has 4 N–H and O–H groups in total. The molecule has 2 aliphatic heterocycles. The van der Waals surface area contributed by atoms with E-state index in [1.807, 2.05) is 0 Å². The number of amides is 2. The number of urea groups is 1. The fraction of sp³-hybridized carbons (Fsp3) is 0.889. The highest BCUT2D eigenvalue weighted by molar-refractivity contribution is 5.71. The van der Waals surface area contributed by atoms with Crippen molar-refractivity contribution in [2.45, 2.75) is 24.9 Å². The van der Waals surface area contributed by atoms with Gasteiger partial charge in [0.1, 0.15) is 0 Å². The molecule has 80 valence electrons. The van der Waals surface area contributed by atoms with Gasteiger partial charge in [-0.05, 0) is 12.8 Å². The molecule has 0 saturated carbocycles. The molecular weight excluding hydrogens is 180 g/mol. The molecule has 14 heavy (non-hydrogen) atoms. The van der Waals surface area contributed by atoms with E-state index in [1.165, 1.54) is 0 Å². The van der Waals surface area contributed by atoms with E-state index >= 15 is 0 Å². The molecule has 5 heteroatoms. The number of hydrogen-bond donors (Lipinski definition) is 3. The summed E-state index contributed by atoms with van der Waals surface area (Å²) in [6, 6.07) is 0.620. The summed E-state index contributed by atoms with van der Waals surface area (Å²) < 4.78 is 0. The van der Waals surface area contributed by atoms with E-state index in [0.717, 1.165) is 45.1 Å². The maximum Gasteiger partial charge on any atom is 0.312 e. The highest BCUT2D eigenvalue weighted by Gasteiger charge is 2.28. The lowest BCUT2D eigenvalue weighted by atomic mass is 10.0. The van der Waals surface area contributed by atoms with E-state index < -0.39 is 6.03 Å². The van der Waals surface area contributed by atoms with Crippen LogP contribution in [0.3, 0.4) is 0 Å². The maximum atomic E-state index is 10.6. The van der Waals surface area contributed by atoms with Crippen molar-refractivity contribution in [3.8, 4) is 0 Å². The molecular formula is C9H18N4O. The summed E-state index contributed by atoms with van der Waals surface area (Å²) in [4.78, 5) is 13.1. The minimum Gasteiger partial charge on any atom is -0.352 e. The van der Waals surface area contributed by atoms with Crippen molar-refractivity contribution in [3.63, 3.8) is 0 Å². The fourth-order valence-electron chi connectivity index (χ4n) is 2.14. The Morgan fingerprint density at radius 2 is 2.00 bits per heavy atom. The Morgan fingerprint density at radius 1 is 1.36 bits per heavy atom. The molecule has 2 saturated heterocycles. The van der Waals surface area contributed by atoms with Crippen LogP contribution >= 0.6 is 0 Å². The van der Waals surface area contributed by atoms with Gasteiger partial charge in [0, 0.05) is 38.3 Å². The van der Waals surface area contributed by atoms with Gasteiger partial charge in [-0.25, -0.2) is 4.79 Å². The Hall–Kier alpha value is -0.810. The molecule has 2 amide bonds. The van der Waals surface area contributed by atoms with Crippen LogP contribution < -0.4 is 16.4 Å². The summed E-state index contributed by atoms with van der Waals surface area (Å²) in [5, 5.41) is 6.04. The highest BCUT2D eigenvalue weighted by Crippen LogP contribution is 2.14. The summed E-state index contributed by atoms with van der Waals surface area (Å²) in [6.07, 6.45) is 2.05. The Bertz CT molecular complexity index is 209. The first-order valence-electron chi connectivity index (χ1n) is 5.26. The second kappa shape index (κ2) is 4.14. The van der Waals surface area contributed by atoms with Crippen molar-refractivity contribution >= 4 is 6.03 Å². The summed E-state index contributed by atoms with van der Waals surface area (Å²) in [5.41, 5.74) is 5.08. The van der Waals surface area contributed by atoms with Crippen LogP contribution in [-0.2, 0) is 0 Å². The number of rotatable bonds is 2. The third kappa shape index (κ3) is 2.16. The topological polar surface area (TPSA) is 70.4 Å². The molecule has 5 nitrogen and oxygen atoms in total.